The highest BCUT2D eigenvalue weighted by molar-refractivity contribution is 5.34. The molecule has 0 saturated heterocycles. The van der Waals surface area contributed by atoms with Crippen molar-refractivity contribution in [1.29, 1.82) is 0 Å². The average Bonchev–Trinajstić information content (AvgIpc) is 2.15. The first-order chi connectivity index (χ1) is 7.00. The SMILES string of the molecule is CN1CCc2ccccc2C1C(C)(C)O. The summed E-state index contributed by atoms with van der Waals surface area (Å²) in [6.45, 7) is 4.79. The van der Waals surface area contributed by atoms with Gasteiger partial charge >= 0.3 is 0 Å². The second-order valence-electron chi connectivity index (χ2n) is 4.99. The molecule has 82 valence electrons. The molecule has 1 aromatic rings. The smallest absolute Gasteiger partial charge is 0.0787 e. The summed E-state index contributed by atoms with van der Waals surface area (Å²) in [4.78, 5) is 2.24. The zero-order valence-corrected chi connectivity index (χ0v) is 9.70. The molecule has 1 atom stereocenters. The first-order valence-electron chi connectivity index (χ1n) is 5.50. The maximum Gasteiger partial charge on any atom is 0.0787 e. The lowest BCUT2D eigenvalue weighted by Gasteiger charge is -2.41. The minimum Gasteiger partial charge on any atom is -0.388 e. The number of fused-ring (bicyclic) bond motifs is 1. The van der Waals surface area contributed by atoms with E-state index in [2.05, 4.69) is 36.2 Å². The first-order valence-corrected chi connectivity index (χ1v) is 5.50. The molecule has 0 amide bonds. The van der Waals surface area contributed by atoms with Crippen molar-refractivity contribution >= 4 is 0 Å². The molecule has 15 heavy (non-hydrogen) atoms. The van der Waals surface area contributed by atoms with Gasteiger partial charge in [0.25, 0.3) is 0 Å². The van der Waals surface area contributed by atoms with Gasteiger partial charge in [0.1, 0.15) is 0 Å². The van der Waals surface area contributed by atoms with Crippen molar-refractivity contribution in [3.8, 4) is 0 Å². The average molecular weight is 205 g/mol. The maximum atomic E-state index is 10.2. The molecule has 0 spiro atoms. The number of rotatable bonds is 1. The lowest BCUT2D eigenvalue weighted by Crippen LogP contribution is -2.44. The molecule has 1 aromatic carbocycles. The molecule has 2 rings (SSSR count). The number of aliphatic hydroxyl groups is 1. The van der Waals surface area contributed by atoms with Crippen molar-refractivity contribution in [3.05, 3.63) is 35.4 Å². The Kier molecular flexibility index (Phi) is 2.57. The summed E-state index contributed by atoms with van der Waals surface area (Å²) in [7, 11) is 2.08. The van der Waals surface area contributed by atoms with Gasteiger partial charge in [-0.3, -0.25) is 4.90 Å². The lowest BCUT2D eigenvalue weighted by molar-refractivity contribution is -0.0162. The molecular weight excluding hydrogens is 186 g/mol. The van der Waals surface area contributed by atoms with Crippen molar-refractivity contribution in [1.82, 2.24) is 4.90 Å². The Labute approximate surface area is 91.5 Å². The largest absolute Gasteiger partial charge is 0.388 e. The Bertz CT molecular complexity index is 354. The van der Waals surface area contributed by atoms with Crippen LogP contribution in [0.3, 0.4) is 0 Å². The van der Waals surface area contributed by atoms with Gasteiger partial charge in [-0.1, -0.05) is 24.3 Å². The summed E-state index contributed by atoms with van der Waals surface area (Å²) in [5, 5.41) is 10.2. The molecule has 2 heteroatoms. The molecule has 0 saturated carbocycles. The van der Waals surface area contributed by atoms with E-state index in [1.807, 2.05) is 13.8 Å². The van der Waals surface area contributed by atoms with Crippen molar-refractivity contribution in [3.63, 3.8) is 0 Å². The fourth-order valence-corrected chi connectivity index (χ4v) is 2.61. The fourth-order valence-electron chi connectivity index (χ4n) is 2.61. The molecule has 1 aliphatic rings. The normalized spacial score (nSPS) is 22.5. The quantitative estimate of drug-likeness (QED) is 0.758. The summed E-state index contributed by atoms with van der Waals surface area (Å²) in [6, 6.07) is 8.54. The van der Waals surface area contributed by atoms with E-state index >= 15 is 0 Å². The number of benzene rings is 1. The van der Waals surface area contributed by atoms with Gasteiger partial charge in [0.15, 0.2) is 0 Å². The molecule has 0 fully saturated rings. The topological polar surface area (TPSA) is 23.5 Å². The van der Waals surface area contributed by atoms with Gasteiger partial charge in [-0.15, -0.1) is 0 Å². The number of hydrogen-bond acceptors (Lipinski definition) is 2. The molecule has 1 N–H and O–H groups in total. The maximum absolute atomic E-state index is 10.2. The van der Waals surface area contributed by atoms with Crippen LogP contribution < -0.4 is 0 Å². The van der Waals surface area contributed by atoms with Gasteiger partial charge in [0.05, 0.1) is 11.6 Å². The van der Waals surface area contributed by atoms with E-state index in [0.717, 1.165) is 13.0 Å². The van der Waals surface area contributed by atoms with E-state index in [1.54, 1.807) is 0 Å². The van der Waals surface area contributed by atoms with E-state index in [9.17, 15) is 5.11 Å². The van der Waals surface area contributed by atoms with E-state index in [-0.39, 0.29) is 6.04 Å². The van der Waals surface area contributed by atoms with E-state index in [1.165, 1.54) is 11.1 Å². The standard InChI is InChI=1S/C13H19NO/c1-13(2,15)12-11-7-5-4-6-10(11)8-9-14(12)3/h4-7,12,15H,8-9H2,1-3H3. The second kappa shape index (κ2) is 3.62. The number of likely N-dealkylation sites (N-methyl/N-ethyl adjacent to an activating group) is 1. The summed E-state index contributed by atoms with van der Waals surface area (Å²) >= 11 is 0. The predicted octanol–water partition coefficient (Wildman–Crippen LogP) is 1.99. The summed E-state index contributed by atoms with van der Waals surface area (Å²) < 4.78 is 0. The highest BCUT2D eigenvalue weighted by Gasteiger charge is 2.35. The second-order valence-corrected chi connectivity index (χ2v) is 4.99. The Morgan fingerprint density at radius 3 is 2.67 bits per heavy atom. The fraction of sp³-hybridized carbons (Fsp3) is 0.538. The molecule has 0 aliphatic carbocycles. The van der Waals surface area contributed by atoms with Crippen LogP contribution in [-0.2, 0) is 6.42 Å². The number of nitrogens with zero attached hydrogens (tertiary/aromatic N) is 1. The van der Waals surface area contributed by atoms with Crippen molar-refractivity contribution in [2.45, 2.75) is 31.9 Å². The van der Waals surface area contributed by atoms with E-state index in [4.69, 9.17) is 0 Å². The molecule has 0 aromatic heterocycles. The van der Waals surface area contributed by atoms with Crippen LogP contribution >= 0.6 is 0 Å². The van der Waals surface area contributed by atoms with Gasteiger partial charge in [-0.25, -0.2) is 0 Å². The van der Waals surface area contributed by atoms with Gasteiger partial charge in [-0.05, 0) is 38.4 Å². The Hall–Kier alpha value is -0.860. The molecule has 0 bridgehead atoms. The van der Waals surface area contributed by atoms with Crippen molar-refractivity contribution < 1.29 is 5.11 Å². The molecule has 1 unspecified atom stereocenters. The first kappa shape index (κ1) is 10.7. The molecular formula is C13H19NO. The molecule has 0 radical (unpaired) electrons. The predicted molar refractivity (Wildman–Crippen MR) is 61.8 cm³/mol. The third-order valence-electron chi connectivity index (χ3n) is 3.19. The summed E-state index contributed by atoms with van der Waals surface area (Å²) in [6.07, 6.45) is 1.08. The monoisotopic (exact) mass is 205 g/mol. The summed E-state index contributed by atoms with van der Waals surface area (Å²) in [5.41, 5.74) is 1.96. The zero-order chi connectivity index (χ0) is 11.1. The Balaban J connectivity index is 2.46. The molecule has 2 nitrogen and oxygen atoms in total. The van der Waals surface area contributed by atoms with Crippen LogP contribution in [0.25, 0.3) is 0 Å². The third kappa shape index (κ3) is 1.92. The van der Waals surface area contributed by atoms with Crippen LogP contribution in [0.1, 0.15) is 31.0 Å². The molecule has 1 aliphatic heterocycles. The highest BCUT2D eigenvalue weighted by atomic mass is 16.3. The van der Waals surface area contributed by atoms with Crippen LogP contribution in [0, 0.1) is 0 Å². The van der Waals surface area contributed by atoms with E-state index < -0.39 is 5.60 Å². The number of hydrogen-bond donors (Lipinski definition) is 1. The highest BCUT2D eigenvalue weighted by Crippen LogP contribution is 2.35. The lowest BCUT2D eigenvalue weighted by atomic mass is 9.84. The van der Waals surface area contributed by atoms with Gasteiger partial charge in [-0.2, -0.15) is 0 Å². The van der Waals surface area contributed by atoms with Crippen molar-refractivity contribution in [2.75, 3.05) is 13.6 Å². The minimum absolute atomic E-state index is 0.113. The third-order valence-corrected chi connectivity index (χ3v) is 3.19. The van der Waals surface area contributed by atoms with Crippen LogP contribution in [0.4, 0.5) is 0 Å². The zero-order valence-electron chi connectivity index (χ0n) is 9.70. The van der Waals surface area contributed by atoms with Crippen LogP contribution in [0.15, 0.2) is 24.3 Å². The van der Waals surface area contributed by atoms with Gasteiger partial charge < -0.3 is 5.11 Å². The van der Waals surface area contributed by atoms with Crippen molar-refractivity contribution in [2.24, 2.45) is 0 Å². The van der Waals surface area contributed by atoms with Gasteiger partial charge in [0.2, 0.25) is 0 Å². The van der Waals surface area contributed by atoms with Crippen LogP contribution in [0.2, 0.25) is 0 Å². The van der Waals surface area contributed by atoms with Gasteiger partial charge in [0, 0.05) is 6.54 Å². The Morgan fingerprint density at radius 2 is 2.00 bits per heavy atom. The summed E-state index contributed by atoms with van der Waals surface area (Å²) in [5.74, 6) is 0. The van der Waals surface area contributed by atoms with Crippen LogP contribution in [-0.4, -0.2) is 29.2 Å². The Morgan fingerprint density at radius 1 is 1.33 bits per heavy atom. The minimum atomic E-state index is -0.689. The molecule has 1 heterocycles. The van der Waals surface area contributed by atoms with Crippen LogP contribution in [0.5, 0.6) is 0 Å². The van der Waals surface area contributed by atoms with E-state index in [0.29, 0.717) is 0 Å².